The lowest BCUT2D eigenvalue weighted by Crippen LogP contribution is -2.31. The molecule has 0 bridgehead atoms. The molecular formula is C22H24FN3O6S. The second-order valence-corrected chi connectivity index (χ2v) is 8.71. The number of ether oxygens (including phenoxy) is 4. The van der Waals surface area contributed by atoms with Crippen molar-refractivity contribution in [1.29, 1.82) is 0 Å². The Bertz CT molecular complexity index is 1210. The van der Waals surface area contributed by atoms with Crippen LogP contribution in [0.2, 0.25) is 0 Å². The molecule has 0 spiro atoms. The van der Waals surface area contributed by atoms with E-state index in [0.717, 1.165) is 0 Å². The summed E-state index contributed by atoms with van der Waals surface area (Å²) in [5.74, 6) is 0.242. The van der Waals surface area contributed by atoms with E-state index in [1.54, 1.807) is 6.07 Å². The fraction of sp³-hybridized carbons (Fsp3) is 0.273. The van der Waals surface area contributed by atoms with Gasteiger partial charge >= 0.3 is 6.01 Å². The minimum Gasteiger partial charge on any atom is -0.497 e. The zero-order valence-corrected chi connectivity index (χ0v) is 19.4. The summed E-state index contributed by atoms with van der Waals surface area (Å²) >= 11 is 0. The van der Waals surface area contributed by atoms with Gasteiger partial charge in [-0.15, -0.1) is 0 Å². The molecule has 1 aromatic heterocycles. The summed E-state index contributed by atoms with van der Waals surface area (Å²) in [6.07, 6.45) is 1.43. The topological polar surface area (TPSA) is 100 Å². The maximum absolute atomic E-state index is 13.8. The largest absolute Gasteiger partial charge is 0.497 e. The Labute approximate surface area is 191 Å². The molecule has 0 radical (unpaired) electrons. The molecule has 11 heteroatoms. The molecule has 33 heavy (non-hydrogen) atoms. The number of nitrogens with zero attached hydrogens (tertiary/aromatic N) is 3. The minimum absolute atomic E-state index is 0.0574. The Kier molecular flexibility index (Phi) is 7.67. The predicted molar refractivity (Wildman–Crippen MR) is 118 cm³/mol. The first-order valence-corrected chi connectivity index (χ1v) is 11.2. The van der Waals surface area contributed by atoms with Gasteiger partial charge < -0.3 is 18.9 Å². The molecule has 0 aliphatic heterocycles. The number of benzene rings is 2. The van der Waals surface area contributed by atoms with Crippen molar-refractivity contribution in [2.45, 2.75) is 18.0 Å². The summed E-state index contributed by atoms with van der Waals surface area (Å²) in [7, 11) is 1.51. The van der Waals surface area contributed by atoms with Gasteiger partial charge in [-0.2, -0.15) is 9.29 Å². The van der Waals surface area contributed by atoms with Crippen LogP contribution < -0.4 is 18.9 Å². The summed E-state index contributed by atoms with van der Waals surface area (Å²) in [6.45, 7) is -0.189. The van der Waals surface area contributed by atoms with Crippen LogP contribution in [0.15, 0.2) is 53.6 Å². The standard InChI is InChI=1S/C22H24FN3O6S/c1-29-18-9-10-19(30-2)20(11-18)33(27,28)26(13-15-5-7-17(23)8-6-15)14-16-12-24-22(32-4)25-21(16)31-3/h5-12H,13-14H2,1-4H3. The summed E-state index contributed by atoms with van der Waals surface area (Å²) in [5, 5.41) is 0. The van der Waals surface area contributed by atoms with E-state index in [-0.39, 0.29) is 35.6 Å². The molecule has 0 aliphatic carbocycles. The van der Waals surface area contributed by atoms with E-state index in [1.807, 2.05) is 0 Å². The van der Waals surface area contributed by atoms with E-state index < -0.39 is 15.8 Å². The second kappa shape index (κ2) is 10.5. The van der Waals surface area contributed by atoms with Gasteiger partial charge in [-0.3, -0.25) is 0 Å². The molecule has 0 fully saturated rings. The number of rotatable bonds is 10. The highest BCUT2D eigenvalue weighted by Gasteiger charge is 2.30. The lowest BCUT2D eigenvalue weighted by molar-refractivity contribution is 0.337. The molecule has 0 saturated carbocycles. The van der Waals surface area contributed by atoms with Gasteiger partial charge in [0.15, 0.2) is 0 Å². The first-order valence-electron chi connectivity index (χ1n) is 9.73. The molecule has 0 saturated heterocycles. The number of aromatic nitrogens is 2. The van der Waals surface area contributed by atoms with Gasteiger partial charge in [0.2, 0.25) is 15.9 Å². The molecule has 0 atom stereocenters. The highest BCUT2D eigenvalue weighted by molar-refractivity contribution is 7.89. The minimum atomic E-state index is -4.13. The molecule has 0 N–H and O–H groups in total. The predicted octanol–water partition coefficient (Wildman–Crippen LogP) is 3.04. The van der Waals surface area contributed by atoms with Crippen molar-refractivity contribution in [2.75, 3.05) is 28.4 Å². The smallest absolute Gasteiger partial charge is 0.319 e. The van der Waals surface area contributed by atoms with E-state index in [0.29, 0.717) is 16.9 Å². The molecule has 2 aromatic carbocycles. The van der Waals surface area contributed by atoms with Crippen LogP contribution in [-0.2, 0) is 23.1 Å². The molecular weight excluding hydrogens is 453 g/mol. The highest BCUT2D eigenvalue weighted by Crippen LogP contribution is 2.33. The van der Waals surface area contributed by atoms with Crippen molar-refractivity contribution >= 4 is 10.0 Å². The van der Waals surface area contributed by atoms with Crippen LogP contribution in [0, 0.1) is 5.82 Å². The maximum atomic E-state index is 13.8. The lowest BCUT2D eigenvalue weighted by Gasteiger charge is -2.24. The van der Waals surface area contributed by atoms with Gasteiger partial charge in [0.25, 0.3) is 0 Å². The number of hydrogen-bond acceptors (Lipinski definition) is 8. The van der Waals surface area contributed by atoms with Crippen LogP contribution in [-0.4, -0.2) is 51.1 Å². The van der Waals surface area contributed by atoms with Crippen LogP contribution in [0.4, 0.5) is 4.39 Å². The molecule has 0 aliphatic rings. The van der Waals surface area contributed by atoms with Gasteiger partial charge in [-0.25, -0.2) is 17.8 Å². The SMILES string of the molecule is COc1ccc(OC)c(S(=O)(=O)N(Cc2ccc(F)cc2)Cc2cnc(OC)nc2OC)c1. The van der Waals surface area contributed by atoms with Crippen molar-refractivity contribution < 1.29 is 31.8 Å². The number of hydrogen-bond donors (Lipinski definition) is 0. The number of sulfonamides is 1. The zero-order valence-electron chi connectivity index (χ0n) is 18.6. The molecule has 9 nitrogen and oxygen atoms in total. The third-order valence-electron chi connectivity index (χ3n) is 4.79. The quantitative estimate of drug-likeness (QED) is 0.439. The van der Waals surface area contributed by atoms with Gasteiger partial charge in [-0.1, -0.05) is 12.1 Å². The van der Waals surface area contributed by atoms with E-state index in [4.69, 9.17) is 18.9 Å². The molecule has 3 aromatic rings. The zero-order chi connectivity index (χ0) is 24.0. The Morgan fingerprint density at radius 1 is 0.909 bits per heavy atom. The van der Waals surface area contributed by atoms with Gasteiger partial charge in [-0.05, 0) is 29.8 Å². The third-order valence-corrected chi connectivity index (χ3v) is 6.60. The van der Waals surface area contributed by atoms with E-state index >= 15 is 0 Å². The molecule has 0 amide bonds. The number of methoxy groups -OCH3 is 4. The number of halogens is 1. The first kappa shape index (κ1) is 24.2. The van der Waals surface area contributed by atoms with Gasteiger partial charge in [0.1, 0.15) is 22.2 Å². The van der Waals surface area contributed by atoms with Crippen molar-refractivity contribution in [1.82, 2.24) is 14.3 Å². The van der Waals surface area contributed by atoms with E-state index in [1.165, 1.54) is 75.3 Å². The summed E-state index contributed by atoms with van der Waals surface area (Å²) in [5.41, 5.74) is 0.987. The first-order chi connectivity index (χ1) is 15.8. The summed E-state index contributed by atoms with van der Waals surface area (Å²) in [6, 6.07) is 10.1. The van der Waals surface area contributed by atoms with E-state index in [2.05, 4.69) is 9.97 Å². The lowest BCUT2D eigenvalue weighted by atomic mass is 10.2. The van der Waals surface area contributed by atoms with Crippen molar-refractivity contribution in [3.05, 3.63) is 65.6 Å². The fourth-order valence-corrected chi connectivity index (χ4v) is 4.67. The van der Waals surface area contributed by atoms with Gasteiger partial charge in [0, 0.05) is 30.9 Å². The maximum Gasteiger partial charge on any atom is 0.319 e. The Hall–Kier alpha value is -3.44. The van der Waals surface area contributed by atoms with Crippen LogP contribution in [0.25, 0.3) is 0 Å². The monoisotopic (exact) mass is 477 g/mol. The molecule has 3 rings (SSSR count). The Morgan fingerprint density at radius 2 is 1.64 bits per heavy atom. The van der Waals surface area contributed by atoms with Crippen molar-refractivity contribution in [2.24, 2.45) is 0 Å². The average molecular weight is 478 g/mol. The average Bonchev–Trinajstić information content (AvgIpc) is 2.84. The molecule has 176 valence electrons. The summed E-state index contributed by atoms with van der Waals surface area (Å²) in [4.78, 5) is 8.11. The van der Waals surface area contributed by atoms with Crippen LogP contribution in [0.5, 0.6) is 23.4 Å². The van der Waals surface area contributed by atoms with E-state index in [9.17, 15) is 12.8 Å². The second-order valence-electron chi connectivity index (χ2n) is 6.81. The molecule has 0 unspecified atom stereocenters. The summed E-state index contributed by atoms with van der Waals surface area (Å²) < 4.78 is 63.0. The Balaban J connectivity index is 2.10. The Morgan fingerprint density at radius 3 is 2.24 bits per heavy atom. The molecule has 1 heterocycles. The van der Waals surface area contributed by atoms with Crippen LogP contribution in [0.1, 0.15) is 11.1 Å². The third kappa shape index (κ3) is 5.49. The van der Waals surface area contributed by atoms with Crippen LogP contribution in [0.3, 0.4) is 0 Å². The van der Waals surface area contributed by atoms with Crippen molar-refractivity contribution in [3.8, 4) is 23.4 Å². The fourth-order valence-electron chi connectivity index (χ4n) is 3.09. The van der Waals surface area contributed by atoms with Crippen LogP contribution >= 0.6 is 0 Å². The van der Waals surface area contributed by atoms with Gasteiger partial charge in [0.05, 0.1) is 28.4 Å². The van der Waals surface area contributed by atoms with Crippen molar-refractivity contribution in [3.63, 3.8) is 0 Å². The highest BCUT2D eigenvalue weighted by atomic mass is 32.2. The normalized spacial score (nSPS) is 11.3.